The van der Waals surface area contributed by atoms with Gasteiger partial charge in [0.15, 0.2) is 0 Å². The highest BCUT2D eigenvalue weighted by Gasteiger charge is 2.79. The number of ether oxygens (including phenoxy) is 1. The van der Waals surface area contributed by atoms with Crippen LogP contribution in [-0.2, 0) is 9.53 Å². The lowest BCUT2D eigenvalue weighted by Gasteiger charge is -2.15. The van der Waals surface area contributed by atoms with Crippen LogP contribution in [0.3, 0.4) is 0 Å². The fourth-order valence-electron chi connectivity index (χ4n) is 3.31. The highest BCUT2D eigenvalue weighted by Crippen LogP contribution is 2.77. The summed E-state index contributed by atoms with van der Waals surface area (Å²) in [5, 5.41) is 0.445. The first-order valence-electron chi connectivity index (χ1n) is 7.69. The number of esters is 1. The maximum absolute atomic E-state index is 12.6. The zero-order valence-electron chi connectivity index (χ0n) is 14.4. The number of terminal acetylenes is 1. The lowest BCUT2D eigenvalue weighted by molar-refractivity contribution is -0.150. The molecule has 23 heavy (non-hydrogen) atoms. The molecule has 0 amide bonds. The van der Waals surface area contributed by atoms with Crippen molar-refractivity contribution in [3.8, 4) is 12.3 Å². The van der Waals surface area contributed by atoms with Crippen molar-refractivity contribution in [1.82, 2.24) is 0 Å². The van der Waals surface area contributed by atoms with E-state index in [9.17, 15) is 4.79 Å². The SMILES string of the molecule is C#C/C(COC(=O)C1(C)C(C)(C)C1(C)C)=C(/Cl)c1ccccc1. The summed E-state index contributed by atoms with van der Waals surface area (Å²) in [5.74, 6) is 2.32. The molecule has 122 valence electrons. The minimum absolute atomic E-state index is 0.0187. The Bertz CT molecular complexity index is 676. The molecular formula is C20H23ClO2. The van der Waals surface area contributed by atoms with E-state index in [1.807, 2.05) is 37.3 Å². The lowest BCUT2D eigenvalue weighted by atomic mass is 9.98. The second kappa shape index (κ2) is 5.73. The minimum Gasteiger partial charge on any atom is -0.460 e. The van der Waals surface area contributed by atoms with Gasteiger partial charge in [0.25, 0.3) is 0 Å². The summed E-state index contributed by atoms with van der Waals surface area (Å²) in [4.78, 5) is 12.6. The summed E-state index contributed by atoms with van der Waals surface area (Å²) in [6.45, 7) is 10.3. The quantitative estimate of drug-likeness (QED) is 0.580. The molecule has 0 N–H and O–H groups in total. The van der Waals surface area contributed by atoms with Gasteiger partial charge in [0.2, 0.25) is 0 Å². The summed E-state index contributed by atoms with van der Waals surface area (Å²) in [5.41, 5.74) is 0.557. The van der Waals surface area contributed by atoms with Crippen molar-refractivity contribution in [2.24, 2.45) is 16.2 Å². The molecule has 0 unspecified atom stereocenters. The van der Waals surface area contributed by atoms with E-state index in [-0.39, 0.29) is 23.4 Å². The lowest BCUT2D eigenvalue weighted by Crippen LogP contribution is -2.23. The Morgan fingerprint density at radius 2 is 1.65 bits per heavy atom. The monoisotopic (exact) mass is 330 g/mol. The zero-order chi connectivity index (χ0) is 17.5. The maximum Gasteiger partial charge on any atom is 0.313 e. The van der Waals surface area contributed by atoms with Crippen molar-refractivity contribution >= 4 is 22.6 Å². The molecule has 2 nitrogen and oxygen atoms in total. The number of carbonyl (C=O) groups excluding carboxylic acids is 1. The Labute approximate surface area is 143 Å². The molecule has 1 aliphatic rings. The van der Waals surface area contributed by atoms with Crippen LogP contribution in [0.4, 0.5) is 0 Å². The number of hydrogen-bond acceptors (Lipinski definition) is 2. The Morgan fingerprint density at radius 1 is 1.13 bits per heavy atom. The highest BCUT2D eigenvalue weighted by molar-refractivity contribution is 6.49. The molecule has 1 aromatic carbocycles. The van der Waals surface area contributed by atoms with Crippen LogP contribution in [0.2, 0.25) is 0 Å². The Balaban J connectivity index is 2.14. The van der Waals surface area contributed by atoms with Crippen molar-refractivity contribution < 1.29 is 9.53 Å². The largest absolute Gasteiger partial charge is 0.460 e. The van der Waals surface area contributed by atoms with Crippen molar-refractivity contribution in [1.29, 1.82) is 0 Å². The van der Waals surface area contributed by atoms with E-state index in [4.69, 9.17) is 22.8 Å². The first kappa shape index (κ1) is 17.6. The van der Waals surface area contributed by atoms with Crippen LogP contribution < -0.4 is 0 Å². The summed E-state index contributed by atoms with van der Waals surface area (Å²) in [7, 11) is 0. The van der Waals surface area contributed by atoms with E-state index in [0.717, 1.165) is 5.56 Å². The van der Waals surface area contributed by atoms with Gasteiger partial charge in [0.05, 0.1) is 16.0 Å². The average molecular weight is 331 g/mol. The third kappa shape index (κ3) is 2.48. The summed E-state index contributed by atoms with van der Waals surface area (Å²) >= 11 is 6.34. The van der Waals surface area contributed by atoms with Gasteiger partial charge in [-0.25, -0.2) is 0 Å². The molecule has 0 atom stereocenters. The van der Waals surface area contributed by atoms with Gasteiger partial charge >= 0.3 is 5.97 Å². The summed E-state index contributed by atoms with van der Waals surface area (Å²) in [6.07, 6.45) is 5.54. The molecule has 0 aliphatic heterocycles. The van der Waals surface area contributed by atoms with Gasteiger partial charge in [0, 0.05) is 0 Å². The van der Waals surface area contributed by atoms with Crippen molar-refractivity contribution in [2.75, 3.05) is 6.61 Å². The molecule has 2 rings (SSSR count). The third-order valence-electron chi connectivity index (χ3n) is 6.22. The molecule has 0 bridgehead atoms. The van der Waals surface area contributed by atoms with Crippen LogP contribution in [-0.4, -0.2) is 12.6 Å². The van der Waals surface area contributed by atoms with Crippen molar-refractivity contribution in [2.45, 2.75) is 34.6 Å². The fraction of sp³-hybridized carbons (Fsp3) is 0.450. The van der Waals surface area contributed by atoms with Crippen LogP contribution in [0.15, 0.2) is 35.9 Å². The molecular weight excluding hydrogens is 308 g/mol. The number of rotatable bonds is 4. The number of hydrogen-bond donors (Lipinski definition) is 0. The van der Waals surface area contributed by atoms with Gasteiger partial charge < -0.3 is 4.74 Å². The topological polar surface area (TPSA) is 26.3 Å². The van der Waals surface area contributed by atoms with Gasteiger partial charge in [-0.3, -0.25) is 4.79 Å². The molecule has 1 fully saturated rings. The van der Waals surface area contributed by atoms with E-state index in [2.05, 4.69) is 33.6 Å². The molecule has 0 aromatic heterocycles. The van der Waals surface area contributed by atoms with Gasteiger partial charge in [-0.05, 0) is 23.3 Å². The van der Waals surface area contributed by atoms with Gasteiger partial charge in [-0.15, -0.1) is 6.42 Å². The third-order valence-corrected chi connectivity index (χ3v) is 6.67. The highest BCUT2D eigenvalue weighted by atomic mass is 35.5. The van der Waals surface area contributed by atoms with Gasteiger partial charge in [-0.2, -0.15) is 0 Å². The molecule has 0 radical (unpaired) electrons. The molecule has 0 heterocycles. The van der Waals surface area contributed by atoms with E-state index in [1.54, 1.807) is 0 Å². The smallest absolute Gasteiger partial charge is 0.313 e. The van der Waals surface area contributed by atoms with Gasteiger partial charge in [-0.1, -0.05) is 75.5 Å². The molecule has 0 spiro atoms. The van der Waals surface area contributed by atoms with E-state index < -0.39 is 5.41 Å². The Kier molecular flexibility index (Phi) is 4.39. The zero-order valence-corrected chi connectivity index (χ0v) is 15.1. The van der Waals surface area contributed by atoms with Crippen LogP contribution in [0.25, 0.3) is 5.03 Å². The fourth-order valence-corrected chi connectivity index (χ4v) is 3.55. The minimum atomic E-state index is -0.515. The predicted octanol–water partition coefficient (Wildman–Crippen LogP) is 4.89. The molecule has 1 saturated carbocycles. The normalized spacial score (nSPS) is 20.9. The van der Waals surface area contributed by atoms with Crippen LogP contribution in [0.5, 0.6) is 0 Å². The molecule has 1 aromatic rings. The number of carbonyl (C=O) groups is 1. The summed E-state index contributed by atoms with van der Waals surface area (Å²) in [6, 6.07) is 9.41. The molecule has 1 aliphatic carbocycles. The molecule has 3 heteroatoms. The van der Waals surface area contributed by atoms with Crippen molar-refractivity contribution in [3.63, 3.8) is 0 Å². The van der Waals surface area contributed by atoms with Gasteiger partial charge in [0.1, 0.15) is 6.61 Å². The van der Waals surface area contributed by atoms with Crippen LogP contribution in [0, 0.1) is 28.6 Å². The van der Waals surface area contributed by atoms with E-state index in [1.165, 1.54) is 0 Å². The molecule has 0 saturated heterocycles. The standard InChI is InChI=1S/C20H23ClO2/c1-7-14(16(21)15-11-9-8-10-12-15)13-23-17(22)20(6)18(2,3)19(20,4)5/h1,8-12H,13H2,2-6H3/b16-14-. The number of benzene rings is 1. The van der Waals surface area contributed by atoms with Crippen LogP contribution in [0.1, 0.15) is 40.2 Å². The predicted molar refractivity (Wildman–Crippen MR) is 94.7 cm³/mol. The summed E-state index contributed by atoms with van der Waals surface area (Å²) < 4.78 is 5.51. The maximum atomic E-state index is 12.6. The first-order chi connectivity index (χ1) is 10.6. The first-order valence-corrected chi connectivity index (χ1v) is 8.07. The average Bonchev–Trinajstić information content (AvgIpc) is 2.86. The van der Waals surface area contributed by atoms with E-state index in [0.29, 0.717) is 10.6 Å². The Morgan fingerprint density at radius 3 is 2.09 bits per heavy atom. The second-order valence-electron chi connectivity index (χ2n) is 7.25. The van der Waals surface area contributed by atoms with Crippen molar-refractivity contribution in [3.05, 3.63) is 41.5 Å². The number of halogens is 1. The Hall–Kier alpha value is -1.72. The second-order valence-corrected chi connectivity index (χ2v) is 7.63. The van der Waals surface area contributed by atoms with E-state index >= 15 is 0 Å². The van der Waals surface area contributed by atoms with Crippen LogP contribution >= 0.6 is 11.6 Å².